The zero-order chi connectivity index (χ0) is 36.1. The second-order valence-corrected chi connectivity index (χ2v) is 14.6. The Morgan fingerprint density at radius 3 is 1.14 bits per heavy atom. The van der Waals surface area contributed by atoms with Crippen LogP contribution in [0, 0.1) is 0 Å². The number of unbranched alkanes of at least 4 members (excludes halogenated alkanes) is 18. The molecule has 2 rings (SSSR count). The molecule has 2 aromatic rings. The molecule has 0 saturated carbocycles. The molecule has 0 atom stereocenters. The third-order valence-corrected chi connectivity index (χ3v) is 9.57. The zero-order valence-corrected chi connectivity index (χ0v) is 32.5. The number of hydrogen-bond donors (Lipinski definition) is 0. The van der Waals surface area contributed by atoms with Crippen molar-refractivity contribution in [2.24, 2.45) is 0 Å². The predicted octanol–water partition coefficient (Wildman–Crippen LogP) is 11.1. The maximum absolute atomic E-state index is 12.5. The number of hydrogen-bond acceptors (Lipinski definition) is 6. The van der Waals surface area contributed by atoms with Crippen LogP contribution >= 0.6 is 0 Å². The number of benzene rings is 2. The van der Waals surface area contributed by atoms with Crippen molar-refractivity contribution in [2.75, 3.05) is 40.3 Å². The maximum atomic E-state index is 12.5. The van der Waals surface area contributed by atoms with Crippen LogP contribution in [-0.2, 0) is 32.3 Å². The summed E-state index contributed by atoms with van der Waals surface area (Å²) in [5, 5.41) is 0. The highest BCUT2D eigenvalue weighted by atomic mass is 16.5. The van der Waals surface area contributed by atoms with Crippen LogP contribution in [0.25, 0.3) is 11.1 Å². The molecule has 0 fully saturated rings. The highest BCUT2D eigenvalue weighted by Crippen LogP contribution is 2.23. The van der Waals surface area contributed by atoms with Crippen LogP contribution in [0.3, 0.4) is 0 Å². The first-order chi connectivity index (χ1) is 24.4. The minimum Gasteiger partial charge on any atom is -0.460 e. The summed E-state index contributed by atoms with van der Waals surface area (Å²) in [6.45, 7) is 7.50. The summed E-state index contributed by atoms with van der Waals surface area (Å²) in [5.41, 5.74) is 3.99. The largest absolute Gasteiger partial charge is 0.460 e. The fraction of sp³-hybridized carbons (Fsp3) is 0.682. The molecule has 0 heterocycles. The molecule has 0 aliphatic rings. The van der Waals surface area contributed by atoms with Crippen LogP contribution in [0.4, 0.5) is 0 Å². The molecule has 2 aromatic carbocycles. The molecular formula is C44H72N2O4. The third-order valence-electron chi connectivity index (χ3n) is 9.57. The zero-order valence-electron chi connectivity index (χ0n) is 32.5. The molecule has 6 nitrogen and oxygen atoms in total. The van der Waals surface area contributed by atoms with E-state index in [1.54, 1.807) is 0 Å². The Bertz CT molecular complexity index is 1060. The number of likely N-dealkylation sites (N-methyl/N-ethyl adjacent to an activating group) is 2. The lowest BCUT2D eigenvalue weighted by molar-refractivity contribution is -0.146. The van der Waals surface area contributed by atoms with Crippen LogP contribution in [0.2, 0.25) is 0 Å². The number of nitrogens with zero attached hydrogens (tertiary/aromatic N) is 2. The van der Waals surface area contributed by atoms with Crippen LogP contribution in [0.15, 0.2) is 48.5 Å². The molecule has 0 aliphatic heterocycles. The van der Waals surface area contributed by atoms with Crippen molar-refractivity contribution in [2.45, 2.75) is 155 Å². The minimum atomic E-state index is -0.192. The summed E-state index contributed by atoms with van der Waals surface area (Å²) in [6.07, 6.45) is 26.2. The molecule has 6 heteroatoms. The van der Waals surface area contributed by atoms with Gasteiger partial charge in [-0.05, 0) is 74.4 Å². The van der Waals surface area contributed by atoms with E-state index in [-0.39, 0.29) is 25.2 Å². The monoisotopic (exact) mass is 693 g/mol. The van der Waals surface area contributed by atoms with Crippen LogP contribution in [-0.4, -0.2) is 62.0 Å². The van der Waals surface area contributed by atoms with Gasteiger partial charge >= 0.3 is 11.9 Å². The molecular weight excluding hydrogens is 620 g/mol. The first-order valence-electron chi connectivity index (χ1n) is 20.3. The summed E-state index contributed by atoms with van der Waals surface area (Å²) in [4.78, 5) is 29.2. The van der Waals surface area contributed by atoms with E-state index < -0.39 is 0 Å². The quantitative estimate of drug-likeness (QED) is 0.0579. The fourth-order valence-electron chi connectivity index (χ4n) is 6.44. The number of ether oxygens (including phenoxy) is 2. The van der Waals surface area contributed by atoms with Crippen molar-refractivity contribution in [3.63, 3.8) is 0 Å². The Morgan fingerprint density at radius 1 is 0.480 bits per heavy atom. The van der Waals surface area contributed by atoms with Crippen molar-refractivity contribution < 1.29 is 19.1 Å². The van der Waals surface area contributed by atoms with E-state index in [1.165, 1.54) is 116 Å². The SMILES string of the molecule is CCCCCCCCCCCCN(C)CC(=O)OCc1cccc(-c2cccc(COC(=O)CN(C)CCCCCCCCCCCC)c2)c1. The van der Waals surface area contributed by atoms with E-state index in [1.807, 2.05) is 38.4 Å². The second kappa shape index (κ2) is 28.9. The molecule has 0 bridgehead atoms. The van der Waals surface area contributed by atoms with Crippen molar-refractivity contribution in [3.8, 4) is 11.1 Å². The van der Waals surface area contributed by atoms with E-state index in [0.29, 0.717) is 13.1 Å². The second-order valence-electron chi connectivity index (χ2n) is 14.6. The van der Waals surface area contributed by atoms with Gasteiger partial charge in [-0.3, -0.25) is 19.4 Å². The number of carbonyl (C=O) groups excluding carboxylic acids is 2. The van der Waals surface area contributed by atoms with Gasteiger partial charge in [-0.25, -0.2) is 0 Å². The van der Waals surface area contributed by atoms with Gasteiger partial charge in [0.25, 0.3) is 0 Å². The Labute approximate surface area is 306 Å². The average Bonchev–Trinajstić information content (AvgIpc) is 3.11. The molecule has 0 radical (unpaired) electrons. The number of esters is 2. The smallest absolute Gasteiger partial charge is 0.320 e. The van der Waals surface area contributed by atoms with Gasteiger partial charge in [-0.2, -0.15) is 0 Å². The van der Waals surface area contributed by atoms with Crippen molar-refractivity contribution in [1.29, 1.82) is 0 Å². The van der Waals surface area contributed by atoms with Gasteiger partial charge in [-0.15, -0.1) is 0 Å². The van der Waals surface area contributed by atoms with E-state index in [4.69, 9.17) is 9.47 Å². The van der Waals surface area contributed by atoms with Crippen LogP contribution < -0.4 is 0 Å². The number of rotatable bonds is 31. The molecule has 50 heavy (non-hydrogen) atoms. The molecule has 0 unspecified atom stereocenters. The van der Waals surface area contributed by atoms with Crippen LogP contribution in [0.5, 0.6) is 0 Å². The molecule has 0 N–H and O–H groups in total. The summed E-state index contributed by atoms with van der Waals surface area (Å²) >= 11 is 0. The van der Waals surface area contributed by atoms with Crippen LogP contribution in [0.1, 0.15) is 153 Å². The normalized spacial score (nSPS) is 11.4. The Hall–Kier alpha value is -2.70. The lowest BCUT2D eigenvalue weighted by atomic mass is 10.0. The number of carbonyl (C=O) groups is 2. The van der Waals surface area contributed by atoms with Gasteiger partial charge in [0.2, 0.25) is 0 Å². The molecule has 0 amide bonds. The third kappa shape index (κ3) is 22.2. The average molecular weight is 693 g/mol. The van der Waals surface area contributed by atoms with E-state index in [9.17, 15) is 9.59 Å². The minimum absolute atomic E-state index is 0.192. The highest BCUT2D eigenvalue weighted by molar-refractivity contribution is 5.72. The standard InChI is InChI=1S/C44H72N2O4/c1-5-7-9-11-13-15-17-19-21-23-31-45(3)35-43(47)49-37-39-27-25-29-41(33-39)42-30-26-28-40(34-42)38-50-44(48)36-46(4)32-24-22-20-18-16-14-12-10-8-6-2/h25-30,33-34H,5-24,31-32,35-38H2,1-4H3. The van der Waals surface area contributed by atoms with Crippen molar-refractivity contribution in [1.82, 2.24) is 9.80 Å². The Morgan fingerprint density at radius 2 is 0.800 bits per heavy atom. The maximum Gasteiger partial charge on any atom is 0.320 e. The lowest BCUT2D eigenvalue weighted by Crippen LogP contribution is -2.28. The fourth-order valence-corrected chi connectivity index (χ4v) is 6.44. The highest BCUT2D eigenvalue weighted by Gasteiger charge is 2.11. The Balaban J connectivity index is 1.62. The van der Waals surface area contributed by atoms with Crippen molar-refractivity contribution >= 4 is 11.9 Å². The summed E-state index contributed by atoms with van der Waals surface area (Å²) < 4.78 is 11.3. The first-order valence-corrected chi connectivity index (χ1v) is 20.3. The lowest BCUT2D eigenvalue weighted by Gasteiger charge is -2.16. The van der Waals surface area contributed by atoms with Gasteiger partial charge in [0, 0.05) is 0 Å². The Kier molecular flexibility index (Phi) is 25.2. The van der Waals surface area contributed by atoms with Gasteiger partial charge in [0.15, 0.2) is 0 Å². The van der Waals surface area contributed by atoms with Gasteiger partial charge in [0.1, 0.15) is 13.2 Å². The van der Waals surface area contributed by atoms with Gasteiger partial charge in [0.05, 0.1) is 13.1 Å². The molecule has 0 aromatic heterocycles. The molecule has 282 valence electrons. The van der Waals surface area contributed by atoms with Gasteiger partial charge < -0.3 is 9.47 Å². The van der Waals surface area contributed by atoms with E-state index in [0.717, 1.165) is 48.2 Å². The predicted molar refractivity (Wildman–Crippen MR) is 210 cm³/mol. The van der Waals surface area contributed by atoms with E-state index in [2.05, 4.69) is 47.9 Å². The first kappa shape index (κ1) is 43.5. The summed E-state index contributed by atoms with van der Waals surface area (Å²) in [7, 11) is 4.00. The van der Waals surface area contributed by atoms with E-state index >= 15 is 0 Å². The topological polar surface area (TPSA) is 59.1 Å². The summed E-state index contributed by atoms with van der Waals surface area (Å²) in [6, 6.07) is 16.2. The summed E-state index contributed by atoms with van der Waals surface area (Å²) in [5.74, 6) is -0.383. The van der Waals surface area contributed by atoms with Crippen molar-refractivity contribution in [3.05, 3.63) is 59.7 Å². The molecule has 0 aliphatic carbocycles. The molecule has 0 spiro atoms. The van der Waals surface area contributed by atoms with Gasteiger partial charge in [-0.1, -0.05) is 166 Å². The molecule has 0 saturated heterocycles.